The van der Waals surface area contributed by atoms with Crippen LogP contribution < -0.4 is 4.90 Å². The molecule has 2 amide bonds. The fourth-order valence-corrected chi connectivity index (χ4v) is 6.33. The number of hydrogen-bond donors (Lipinski definition) is 1. The van der Waals surface area contributed by atoms with E-state index in [1.807, 2.05) is 12.1 Å². The Morgan fingerprint density at radius 1 is 1.06 bits per heavy atom. The van der Waals surface area contributed by atoms with Crippen molar-refractivity contribution in [2.45, 2.75) is 69.6 Å². The smallest absolute Gasteiger partial charge is 0.251 e. The third-order valence-corrected chi connectivity index (χ3v) is 8.11. The van der Waals surface area contributed by atoms with E-state index >= 15 is 0 Å². The first-order chi connectivity index (χ1) is 16.7. The van der Waals surface area contributed by atoms with E-state index in [4.69, 9.17) is 23.2 Å². The van der Waals surface area contributed by atoms with E-state index in [0.29, 0.717) is 16.9 Å². The molecule has 0 spiro atoms. The van der Waals surface area contributed by atoms with Crippen LogP contribution in [0.1, 0.15) is 56.9 Å². The lowest BCUT2D eigenvalue weighted by Gasteiger charge is -2.68. The summed E-state index contributed by atoms with van der Waals surface area (Å²) in [7, 11) is 0. The third-order valence-electron chi connectivity index (χ3n) is 7.65. The number of aromatic nitrogens is 1. The van der Waals surface area contributed by atoms with Crippen LogP contribution in [0.4, 0.5) is 10.2 Å². The van der Waals surface area contributed by atoms with Crippen LogP contribution in [0.3, 0.4) is 0 Å². The van der Waals surface area contributed by atoms with Gasteiger partial charge in [0.25, 0.3) is 5.91 Å². The zero-order chi connectivity index (χ0) is 24.8. The number of anilines is 1. The van der Waals surface area contributed by atoms with Gasteiger partial charge in [0.05, 0.1) is 10.6 Å². The molecule has 0 radical (unpaired) electrons. The average Bonchev–Trinajstić information content (AvgIpc) is 2.77. The summed E-state index contributed by atoms with van der Waals surface area (Å²) >= 11 is 11.8. The maximum absolute atomic E-state index is 14.6. The van der Waals surface area contributed by atoms with Gasteiger partial charge in [0.15, 0.2) is 11.6 Å². The SMILES string of the molecule is O=C1C(CCCCCC23CC(O)(C2)C3)N(Cc2ccc(Cl)cc2)C(=O)CN1c1ncc(Cl)cc1F. The Labute approximate surface area is 214 Å². The van der Waals surface area contributed by atoms with Crippen LogP contribution in [0.15, 0.2) is 36.5 Å². The van der Waals surface area contributed by atoms with Gasteiger partial charge in [-0.3, -0.25) is 14.5 Å². The van der Waals surface area contributed by atoms with Gasteiger partial charge in [0.2, 0.25) is 5.91 Å². The minimum absolute atomic E-state index is 0.124. The monoisotopic (exact) mass is 519 g/mol. The molecule has 3 saturated carbocycles. The number of carbonyl (C=O) groups excluding carboxylic acids is 2. The molecule has 6 nitrogen and oxygen atoms in total. The Morgan fingerprint density at radius 2 is 1.77 bits per heavy atom. The topological polar surface area (TPSA) is 73.7 Å². The van der Waals surface area contributed by atoms with Gasteiger partial charge in [-0.1, -0.05) is 54.6 Å². The molecule has 186 valence electrons. The predicted molar refractivity (Wildman–Crippen MR) is 132 cm³/mol. The normalized spacial score (nSPS) is 27.6. The molecule has 6 rings (SSSR count). The largest absolute Gasteiger partial charge is 0.390 e. The second-order valence-corrected chi connectivity index (χ2v) is 11.3. The summed E-state index contributed by atoms with van der Waals surface area (Å²) in [6.45, 7) is -0.00161. The molecule has 9 heteroatoms. The highest BCUT2D eigenvalue weighted by molar-refractivity contribution is 6.30. The van der Waals surface area contributed by atoms with E-state index in [2.05, 4.69) is 4.98 Å². The van der Waals surface area contributed by atoms with E-state index in [0.717, 1.165) is 61.5 Å². The van der Waals surface area contributed by atoms with Gasteiger partial charge in [-0.2, -0.15) is 0 Å². The fraction of sp³-hybridized carbons (Fsp3) is 0.500. The van der Waals surface area contributed by atoms with Crippen molar-refractivity contribution in [2.75, 3.05) is 11.4 Å². The quantitative estimate of drug-likeness (QED) is 0.465. The standard InChI is InChI=1S/C26H28Cl2FN3O3/c27-18-7-5-17(6-8-18)12-31-21(4-2-1-3-9-25-14-26(35,15-25)16-25)24(34)32(13-22(31)33)23-20(29)10-19(28)11-30-23/h5-8,10-11,21,35H,1-4,9,12-16H2. The van der Waals surface area contributed by atoms with Crippen molar-refractivity contribution >= 4 is 40.8 Å². The van der Waals surface area contributed by atoms with Crippen LogP contribution in [-0.2, 0) is 16.1 Å². The number of aliphatic hydroxyl groups is 1. The average molecular weight is 520 g/mol. The minimum atomic E-state index is -0.733. The molecule has 1 aromatic carbocycles. The number of halogens is 3. The highest BCUT2D eigenvalue weighted by Gasteiger charge is 2.66. The molecule has 2 bridgehead atoms. The minimum Gasteiger partial charge on any atom is -0.390 e. The van der Waals surface area contributed by atoms with Crippen molar-refractivity contribution in [1.82, 2.24) is 9.88 Å². The molecule has 1 aromatic heterocycles. The number of rotatable bonds is 9. The Bertz CT molecular complexity index is 1120. The molecule has 3 aliphatic carbocycles. The van der Waals surface area contributed by atoms with E-state index in [1.165, 1.54) is 6.20 Å². The lowest BCUT2D eigenvalue weighted by atomic mass is 9.40. The molecule has 2 aromatic rings. The summed E-state index contributed by atoms with van der Waals surface area (Å²) in [5.74, 6) is -1.51. The second-order valence-electron chi connectivity index (χ2n) is 10.4. The van der Waals surface area contributed by atoms with Crippen molar-refractivity contribution in [3.8, 4) is 0 Å². The number of hydrogen-bond acceptors (Lipinski definition) is 4. The summed E-state index contributed by atoms with van der Waals surface area (Å²) in [4.78, 5) is 33.4. The number of nitrogens with zero attached hydrogens (tertiary/aromatic N) is 3. The lowest BCUT2D eigenvalue weighted by molar-refractivity contribution is -0.262. The zero-order valence-corrected chi connectivity index (χ0v) is 20.9. The van der Waals surface area contributed by atoms with Crippen LogP contribution >= 0.6 is 23.2 Å². The number of carbonyl (C=O) groups is 2. The van der Waals surface area contributed by atoms with Gasteiger partial charge in [0, 0.05) is 17.8 Å². The van der Waals surface area contributed by atoms with E-state index in [1.54, 1.807) is 17.0 Å². The van der Waals surface area contributed by atoms with Crippen LogP contribution in [-0.4, -0.2) is 45.0 Å². The highest BCUT2D eigenvalue weighted by Crippen LogP contribution is 2.69. The van der Waals surface area contributed by atoms with Gasteiger partial charge < -0.3 is 10.0 Å². The van der Waals surface area contributed by atoms with E-state index in [-0.39, 0.29) is 41.3 Å². The maximum Gasteiger partial charge on any atom is 0.251 e. The van der Waals surface area contributed by atoms with Crippen molar-refractivity contribution in [2.24, 2.45) is 5.41 Å². The van der Waals surface area contributed by atoms with Crippen LogP contribution in [0.2, 0.25) is 10.0 Å². The van der Waals surface area contributed by atoms with Crippen LogP contribution in [0.25, 0.3) is 0 Å². The molecule has 35 heavy (non-hydrogen) atoms. The molecule has 2 heterocycles. The van der Waals surface area contributed by atoms with Crippen LogP contribution in [0, 0.1) is 11.2 Å². The van der Waals surface area contributed by atoms with Gasteiger partial charge in [-0.15, -0.1) is 0 Å². The second kappa shape index (κ2) is 9.34. The number of unbranched alkanes of at least 4 members (excludes halogenated alkanes) is 2. The number of pyridine rings is 1. The van der Waals surface area contributed by atoms with E-state index in [9.17, 15) is 19.1 Å². The molecule has 1 unspecified atom stereocenters. The molecule has 1 aliphatic heterocycles. The summed E-state index contributed by atoms with van der Waals surface area (Å²) in [6, 6.07) is 7.56. The molecule has 4 aliphatic rings. The van der Waals surface area contributed by atoms with Gasteiger partial charge in [-0.05, 0) is 61.3 Å². The van der Waals surface area contributed by atoms with Crippen LogP contribution in [0.5, 0.6) is 0 Å². The van der Waals surface area contributed by atoms with Gasteiger partial charge >= 0.3 is 0 Å². The van der Waals surface area contributed by atoms with E-state index < -0.39 is 11.9 Å². The number of amides is 2. The Balaban J connectivity index is 1.28. The maximum atomic E-state index is 14.6. The molecule has 1 atom stereocenters. The first kappa shape index (κ1) is 24.5. The summed E-state index contributed by atoms with van der Waals surface area (Å²) < 4.78 is 14.6. The molecular formula is C26H28Cl2FN3O3. The predicted octanol–water partition coefficient (Wildman–Crippen LogP) is 5.14. The molecule has 4 fully saturated rings. The first-order valence-electron chi connectivity index (χ1n) is 12.1. The summed E-state index contributed by atoms with van der Waals surface area (Å²) in [6.07, 6.45) is 8.32. The van der Waals surface area contributed by atoms with Crippen molar-refractivity contribution < 1.29 is 19.1 Å². The Kier molecular flexibility index (Phi) is 6.53. The molecular weight excluding hydrogens is 492 g/mol. The molecule has 1 N–H and O–H groups in total. The highest BCUT2D eigenvalue weighted by atomic mass is 35.5. The Hall–Kier alpha value is -2.22. The zero-order valence-electron chi connectivity index (χ0n) is 19.4. The fourth-order valence-electron chi connectivity index (χ4n) is 6.06. The summed E-state index contributed by atoms with van der Waals surface area (Å²) in [5.41, 5.74) is 0.817. The third kappa shape index (κ3) is 4.91. The first-order valence-corrected chi connectivity index (χ1v) is 12.8. The van der Waals surface area contributed by atoms with Gasteiger partial charge in [0.1, 0.15) is 12.6 Å². The lowest BCUT2D eigenvalue weighted by Crippen LogP contribution is -2.66. The number of benzene rings is 1. The summed E-state index contributed by atoms with van der Waals surface area (Å²) in [5, 5.41) is 10.7. The van der Waals surface area contributed by atoms with Gasteiger partial charge in [-0.25, -0.2) is 9.37 Å². The molecule has 1 saturated heterocycles. The number of piperazine rings is 1. The Morgan fingerprint density at radius 3 is 2.43 bits per heavy atom. The van der Waals surface area contributed by atoms with Crippen molar-refractivity contribution in [3.05, 3.63) is 58.0 Å². The van der Waals surface area contributed by atoms with Crippen molar-refractivity contribution in [1.29, 1.82) is 0 Å². The van der Waals surface area contributed by atoms with Crippen molar-refractivity contribution in [3.63, 3.8) is 0 Å².